The van der Waals surface area contributed by atoms with Crippen molar-refractivity contribution in [1.29, 1.82) is 0 Å². The summed E-state index contributed by atoms with van der Waals surface area (Å²) in [6.45, 7) is 1.89. The molecule has 2 heterocycles. The molecule has 1 aromatic rings. The van der Waals surface area contributed by atoms with Gasteiger partial charge in [0.2, 0.25) is 0 Å². The molecule has 0 aliphatic carbocycles. The molecule has 0 aromatic heterocycles. The topological polar surface area (TPSA) is 34.1 Å². The van der Waals surface area contributed by atoms with E-state index in [1.807, 2.05) is 4.90 Å². The van der Waals surface area contributed by atoms with E-state index in [1.165, 1.54) is 11.0 Å². The summed E-state index contributed by atoms with van der Waals surface area (Å²) in [7, 11) is 1.63. The zero-order chi connectivity index (χ0) is 20.3. The number of halogens is 5. The van der Waals surface area contributed by atoms with Crippen molar-refractivity contribution < 1.29 is 22.0 Å². The van der Waals surface area contributed by atoms with Crippen LogP contribution >= 0.6 is 0 Å². The quantitative estimate of drug-likeness (QED) is 0.476. The number of hydrogen-bond acceptors (Lipinski definition) is 3. The number of rotatable bonds is 3. The van der Waals surface area contributed by atoms with Gasteiger partial charge >= 0.3 is 6.18 Å². The van der Waals surface area contributed by atoms with E-state index >= 15 is 0 Å². The second kappa shape index (κ2) is 8.50. The Hall–Kier alpha value is -2.10. The predicted molar refractivity (Wildman–Crippen MR) is 97.5 cm³/mol. The summed E-state index contributed by atoms with van der Waals surface area (Å²) < 4.78 is 65.0. The Bertz CT molecular complexity index is 700. The molecular weight excluding hydrogens is 381 g/mol. The molecule has 0 spiro atoms. The normalized spacial score (nSPS) is 22.1. The van der Waals surface area contributed by atoms with Crippen molar-refractivity contribution in [3.63, 3.8) is 0 Å². The monoisotopic (exact) mass is 405 g/mol. The van der Waals surface area contributed by atoms with E-state index in [1.54, 1.807) is 11.9 Å². The van der Waals surface area contributed by atoms with E-state index < -0.39 is 24.4 Å². The van der Waals surface area contributed by atoms with Gasteiger partial charge < -0.3 is 15.1 Å². The minimum Gasteiger partial charge on any atom is -0.366 e. The zero-order valence-corrected chi connectivity index (χ0v) is 15.6. The van der Waals surface area contributed by atoms with Gasteiger partial charge in [-0.1, -0.05) is 0 Å². The Kier molecular flexibility index (Phi) is 6.26. The van der Waals surface area contributed by atoms with Crippen molar-refractivity contribution in [3.05, 3.63) is 29.8 Å². The van der Waals surface area contributed by atoms with Crippen LogP contribution in [-0.2, 0) is 0 Å². The summed E-state index contributed by atoms with van der Waals surface area (Å²) in [5.74, 6) is -0.327. The van der Waals surface area contributed by atoms with Crippen LogP contribution in [0.3, 0.4) is 0 Å². The number of anilines is 1. The zero-order valence-electron chi connectivity index (χ0n) is 15.6. The molecule has 1 atom stereocenters. The Morgan fingerprint density at radius 3 is 2.50 bits per heavy atom. The number of aliphatic imine (C=N–C) groups is 1. The first-order valence-corrected chi connectivity index (χ1v) is 9.22. The third-order valence-corrected chi connectivity index (χ3v) is 5.05. The third kappa shape index (κ3) is 5.24. The molecule has 0 amide bonds. The average molecular weight is 405 g/mol. The molecule has 2 aliphatic heterocycles. The maximum Gasteiger partial charge on any atom is 0.401 e. The number of alkyl halides is 3. The SMILES string of the molecule is CN=C(NC1CCN(CC(F)(F)F)C1)N1CCN(c2cc(F)ccc2F)CC1. The largest absolute Gasteiger partial charge is 0.401 e. The van der Waals surface area contributed by atoms with Crippen molar-refractivity contribution >= 4 is 11.6 Å². The summed E-state index contributed by atoms with van der Waals surface area (Å²) in [6.07, 6.45) is -3.58. The Balaban J connectivity index is 1.52. The van der Waals surface area contributed by atoms with E-state index in [9.17, 15) is 22.0 Å². The molecule has 1 aromatic carbocycles. The lowest BCUT2D eigenvalue weighted by molar-refractivity contribution is -0.143. The molecule has 3 rings (SSSR count). The molecule has 2 aliphatic rings. The van der Waals surface area contributed by atoms with Crippen LogP contribution in [0.2, 0.25) is 0 Å². The highest BCUT2D eigenvalue weighted by Crippen LogP contribution is 2.23. The second-order valence-corrected chi connectivity index (χ2v) is 7.10. The van der Waals surface area contributed by atoms with E-state index in [-0.39, 0.29) is 11.7 Å². The van der Waals surface area contributed by atoms with Gasteiger partial charge in [0.1, 0.15) is 11.6 Å². The fourth-order valence-corrected chi connectivity index (χ4v) is 3.71. The van der Waals surface area contributed by atoms with Gasteiger partial charge in [0.25, 0.3) is 0 Å². The highest BCUT2D eigenvalue weighted by Gasteiger charge is 2.35. The van der Waals surface area contributed by atoms with E-state index in [0.717, 1.165) is 12.1 Å². The van der Waals surface area contributed by atoms with Crippen molar-refractivity contribution in [1.82, 2.24) is 15.1 Å². The number of guanidine groups is 1. The lowest BCUT2D eigenvalue weighted by Gasteiger charge is -2.38. The first-order chi connectivity index (χ1) is 13.2. The first-order valence-electron chi connectivity index (χ1n) is 9.22. The molecule has 0 saturated carbocycles. The van der Waals surface area contributed by atoms with Gasteiger partial charge in [-0.05, 0) is 18.6 Å². The first kappa shape index (κ1) is 20.6. The lowest BCUT2D eigenvalue weighted by atomic mass is 10.2. The molecule has 28 heavy (non-hydrogen) atoms. The van der Waals surface area contributed by atoms with Gasteiger partial charge in [0.05, 0.1) is 12.2 Å². The van der Waals surface area contributed by atoms with Gasteiger partial charge in [0, 0.05) is 58.4 Å². The number of likely N-dealkylation sites (tertiary alicyclic amines) is 1. The predicted octanol–water partition coefficient (Wildman–Crippen LogP) is 2.30. The van der Waals surface area contributed by atoms with Crippen LogP contribution in [0.5, 0.6) is 0 Å². The second-order valence-electron chi connectivity index (χ2n) is 7.10. The van der Waals surface area contributed by atoms with Gasteiger partial charge in [-0.15, -0.1) is 0 Å². The van der Waals surface area contributed by atoms with Crippen molar-refractivity contribution in [3.8, 4) is 0 Å². The van der Waals surface area contributed by atoms with Gasteiger partial charge in [-0.2, -0.15) is 13.2 Å². The molecule has 10 heteroatoms. The summed E-state index contributed by atoms with van der Waals surface area (Å²) in [5.41, 5.74) is 0.237. The van der Waals surface area contributed by atoms with Crippen molar-refractivity contribution in [2.45, 2.75) is 18.6 Å². The highest BCUT2D eigenvalue weighted by molar-refractivity contribution is 5.80. The molecule has 2 fully saturated rings. The Labute approximate surface area is 160 Å². The Morgan fingerprint density at radius 2 is 1.86 bits per heavy atom. The summed E-state index contributed by atoms with van der Waals surface area (Å²) in [4.78, 5) is 9.39. The minimum atomic E-state index is -4.20. The minimum absolute atomic E-state index is 0.0975. The fraction of sp³-hybridized carbons (Fsp3) is 0.611. The van der Waals surface area contributed by atoms with Crippen molar-refractivity contribution in [2.24, 2.45) is 4.99 Å². The van der Waals surface area contributed by atoms with Crippen LogP contribution in [0.15, 0.2) is 23.2 Å². The molecule has 0 radical (unpaired) electrons. The molecule has 1 N–H and O–H groups in total. The van der Waals surface area contributed by atoms with Crippen LogP contribution in [0.4, 0.5) is 27.6 Å². The van der Waals surface area contributed by atoms with E-state index in [0.29, 0.717) is 51.6 Å². The highest BCUT2D eigenvalue weighted by atomic mass is 19.4. The molecule has 156 valence electrons. The number of nitrogens with one attached hydrogen (secondary N) is 1. The Morgan fingerprint density at radius 1 is 1.14 bits per heavy atom. The molecule has 2 saturated heterocycles. The van der Waals surface area contributed by atoms with Gasteiger partial charge in [-0.3, -0.25) is 9.89 Å². The van der Waals surface area contributed by atoms with Gasteiger partial charge in [-0.25, -0.2) is 8.78 Å². The number of nitrogens with zero attached hydrogens (tertiary/aromatic N) is 4. The number of piperazine rings is 1. The number of benzene rings is 1. The summed E-state index contributed by atoms with van der Waals surface area (Å²) in [6, 6.07) is 3.29. The van der Waals surface area contributed by atoms with Crippen LogP contribution in [0.25, 0.3) is 0 Å². The maximum atomic E-state index is 14.0. The van der Waals surface area contributed by atoms with Crippen molar-refractivity contribution in [2.75, 3.05) is 57.8 Å². The smallest absolute Gasteiger partial charge is 0.366 e. The van der Waals surface area contributed by atoms with Crippen LogP contribution in [-0.4, -0.2) is 80.8 Å². The van der Waals surface area contributed by atoms with E-state index in [4.69, 9.17) is 0 Å². The van der Waals surface area contributed by atoms with E-state index in [2.05, 4.69) is 10.3 Å². The molecule has 0 bridgehead atoms. The summed E-state index contributed by atoms with van der Waals surface area (Å²) in [5, 5.41) is 3.24. The molecular formula is C18H24F5N5. The van der Waals surface area contributed by atoms with Crippen LogP contribution in [0.1, 0.15) is 6.42 Å². The molecule has 1 unspecified atom stereocenters. The standard InChI is InChI=1S/C18H24F5N5/c1-24-17(25-14-4-5-26(11-14)12-18(21,22)23)28-8-6-27(7-9-28)16-10-13(19)2-3-15(16)20/h2-3,10,14H,4-9,11-12H2,1H3,(H,24,25). The number of hydrogen-bond donors (Lipinski definition) is 1. The molecule has 5 nitrogen and oxygen atoms in total. The third-order valence-electron chi connectivity index (χ3n) is 5.05. The average Bonchev–Trinajstić information content (AvgIpc) is 3.07. The van der Waals surface area contributed by atoms with Gasteiger partial charge in [0.15, 0.2) is 5.96 Å². The summed E-state index contributed by atoms with van der Waals surface area (Å²) >= 11 is 0. The fourth-order valence-electron chi connectivity index (χ4n) is 3.71. The van der Waals surface area contributed by atoms with Crippen LogP contribution < -0.4 is 10.2 Å². The van der Waals surface area contributed by atoms with Crippen LogP contribution in [0, 0.1) is 11.6 Å². The maximum absolute atomic E-state index is 14.0. The lowest BCUT2D eigenvalue weighted by Crippen LogP contribution is -2.54.